The maximum absolute atomic E-state index is 13.6. The van der Waals surface area contributed by atoms with Gasteiger partial charge in [-0.25, -0.2) is 9.59 Å². The van der Waals surface area contributed by atoms with Gasteiger partial charge in [0.1, 0.15) is 11.5 Å². The lowest BCUT2D eigenvalue weighted by Crippen LogP contribution is -2.39. The Morgan fingerprint density at radius 3 is 2.40 bits per heavy atom. The number of carbonyl (C=O) groups excluding carboxylic acids is 3. The maximum atomic E-state index is 13.6. The van der Waals surface area contributed by atoms with Gasteiger partial charge in [-0.05, 0) is 58.7 Å². The third-order valence-corrected chi connectivity index (χ3v) is 6.66. The fraction of sp³-hybridized carbons (Fsp3) is 0.548. The van der Waals surface area contributed by atoms with E-state index < -0.39 is 35.3 Å². The van der Waals surface area contributed by atoms with Crippen LogP contribution in [0.2, 0.25) is 0 Å². The summed E-state index contributed by atoms with van der Waals surface area (Å²) in [5.74, 6) is -3.01. The first kappa shape index (κ1) is 31.2. The standard InChI is InChI=1S/C31H42N2O7/c1-7-38-29(35)26-21(3)32-24(15-16-33-17-19-37-20-18-33)28(30(36)39-8-2)27(26)23-12-10-9-11-22(23)13-14-25(34)40-31(4,5)6/h9-14,26-27H,7-8,15-20H2,1-6H3. The molecule has 2 heterocycles. The minimum Gasteiger partial charge on any atom is -0.465 e. The Morgan fingerprint density at radius 2 is 1.75 bits per heavy atom. The molecule has 218 valence electrons. The van der Waals surface area contributed by atoms with Crippen molar-refractivity contribution in [3.8, 4) is 0 Å². The SMILES string of the molecule is CCOC(=O)C1=C(CCN2CCOCC2)N=C(C)C(C(=O)OCC)C1c1ccccc1C=CC(=O)OC(C)(C)C. The molecule has 2 aliphatic rings. The Hall–Kier alpha value is -3.30. The molecule has 0 aromatic heterocycles. The van der Waals surface area contributed by atoms with Gasteiger partial charge in [0.15, 0.2) is 0 Å². The predicted molar refractivity (Wildman–Crippen MR) is 153 cm³/mol. The van der Waals surface area contributed by atoms with Crippen LogP contribution in [0.25, 0.3) is 6.08 Å². The van der Waals surface area contributed by atoms with Crippen LogP contribution in [0.1, 0.15) is 65.0 Å². The van der Waals surface area contributed by atoms with Crippen molar-refractivity contribution in [2.45, 2.75) is 59.5 Å². The molecule has 0 radical (unpaired) electrons. The summed E-state index contributed by atoms with van der Waals surface area (Å²) in [4.78, 5) is 46.5. The first-order valence-electron chi connectivity index (χ1n) is 14.0. The third-order valence-electron chi connectivity index (χ3n) is 6.66. The summed E-state index contributed by atoms with van der Waals surface area (Å²) >= 11 is 0. The van der Waals surface area contributed by atoms with Gasteiger partial charge in [0.05, 0.1) is 37.7 Å². The van der Waals surface area contributed by atoms with Crippen LogP contribution in [0.4, 0.5) is 0 Å². The summed E-state index contributed by atoms with van der Waals surface area (Å²) in [5, 5.41) is 0. The molecule has 2 unspecified atom stereocenters. The second-order valence-corrected chi connectivity index (χ2v) is 10.7. The van der Waals surface area contributed by atoms with Crippen molar-refractivity contribution >= 4 is 29.7 Å². The number of nitrogens with zero attached hydrogens (tertiary/aromatic N) is 2. The van der Waals surface area contributed by atoms with Gasteiger partial charge in [-0.1, -0.05) is 24.3 Å². The van der Waals surface area contributed by atoms with Crippen LogP contribution in [0, 0.1) is 5.92 Å². The molecule has 0 amide bonds. The zero-order valence-electron chi connectivity index (χ0n) is 24.5. The monoisotopic (exact) mass is 554 g/mol. The summed E-state index contributed by atoms with van der Waals surface area (Å²) in [6.07, 6.45) is 3.52. The lowest BCUT2D eigenvalue weighted by atomic mass is 9.73. The lowest BCUT2D eigenvalue weighted by Gasteiger charge is -2.34. The van der Waals surface area contributed by atoms with Crippen LogP contribution < -0.4 is 0 Å². The van der Waals surface area contributed by atoms with Gasteiger partial charge in [-0.2, -0.15) is 0 Å². The minimum absolute atomic E-state index is 0.179. The van der Waals surface area contributed by atoms with Crippen molar-refractivity contribution in [2.75, 3.05) is 46.1 Å². The minimum atomic E-state index is -0.831. The summed E-state index contributed by atoms with van der Waals surface area (Å²) in [6, 6.07) is 7.40. The fourth-order valence-corrected chi connectivity index (χ4v) is 4.98. The number of esters is 3. The van der Waals surface area contributed by atoms with E-state index in [0.717, 1.165) is 13.1 Å². The van der Waals surface area contributed by atoms with E-state index >= 15 is 0 Å². The van der Waals surface area contributed by atoms with E-state index in [2.05, 4.69) is 4.90 Å². The van der Waals surface area contributed by atoms with Crippen molar-refractivity contribution in [3.63, 3.8) is 0 Å². The summed E-state index contributed by atoms with van der Waals surface area (Å²) in [5.41, 5.74) is 2.25. The van der Waals surface area contributed by atoms with Gasteiger partial charge in [0, 0.05) is 43.8 Å². The Morgan fingerprint density at radius 1 is 1.07 bits per heavy atom. The molecule has 1 aromatic carbocycles. The van der Waals surface area contributed by atoms with Crippen LogP contribution in [-0.2, 0) is 33.3 Å². The topological polar surface area (TPSA) is 104 Å². The molecule has 2 aliphatic heterocycles. The second kappa shape index (κ2) is 14.4. The largest absolute Gasteiger partial charge is 0.465 e. The molecule has 40 heavy (non-hydrogen) atoms. The van der Waals surface area contributed by atoms with Crippen molar-refractivity contribution < 1.29 is 33.3 Å². The van der Waals surface area contributed by atoms with Crippen LogP contribution in [0.5, 0.6) is 0 Å². The zero-order valence-corrected chi connectivity index (χ0v) is 24.5. The van der Waals surface area contributed by atoms with Crippen molar-refractivity contribution in [3.05, 3.63) is 52.7 Å². The van der Waals surface area contributed by atoms with E-state index in [1.807, 2.05) is 24.3 Å². The summed E-state index contributed by atoms with van der Waals surface area (Å²) in [7, 11) is 0. The number of carbonyl (C=O) groups is 3. The average Bonchev–Trinajstić information content (AvgIpc) is 2.90. The first-order chi connectivity index (χ1) is 19.1. The Balaban J connectivity index is 2.12. The molecule has 0 saturated carbocycles. The van der Waals surface area contributed by atoms with E-state index in [1.54, 1.807) is 47.6 Å². The summed E-state index contributed by atoms with van der Waals surface area (Å²) in [6.45, 7) is 14.7. The Labute approximate surface area is 237 Å². The molecule has 0 aliphatic carbocycles. The molecule has 1 saturated heterocycles. The highest BCUT2D eigenvalue weighted by atomic mass is 16.6. The highest BCUT2D eigenvalue weighted by Crippen LogP contribution is 2.42. The Bertz CT molecular complexity index is 1160. The van der Waals surface area contributed by atoms with Crippen molar-refractivity contribution in [1.82, 2.24) is 4.90 Å². The number of rotatable bonds is 10. The zero-order chi connectivity index (χ0) is 29.3. The highest BCUT2D eigenvalue weighted by Gasteiger charge is 2.43. The fourth-order valence-electron chi connectivity index (χ4n) is 4.98. The van der Waals surface area contributed by atoms with Crippen LogP contribution in [0.15, 0.2) is 46.6 Å². The van der Waals surface area contributed by atoms with E-state index in [9.17, 15) is 14.4 Å². The molecule has 1 aromatic rings. The molecule has 0 bridgehead atoms. The van der Waals surface area contributed by atoms with Gasteiger partial charge in [0.2, 0.25) is 0 Å². The quantitative estimate of drug-likeness (QED) is 0.239. The number of hydrogen-bond acceptors (Lipinski definition) is 9. The first-order valence-corrected chi connectivity index (χ1v) is 14.0. The molecule has 0 N–H and O–H groups in total. The smallest absolute Gasteiger partial charge is 0.336 e. The predicted octanol–water partition coefficient (Wildman–Crippen LogP) is 4.32. The number of aliphatic imine (C=N–C) groups is 1. The molecular weight excluding hydrogens is 512 g/mol. The molecule has 1 fully saturated rings. The van der Waals surface area contributed by atoms with Crippen molar-refractivity contribution in [2.24, 2.45) is 10.9 Å². The number of morpholine rings is 1. The van der Waals surface area contributed by atoms with Gasteiger partial charge in [-0.3, -0.25) is 14.7 Å². The van der Waals surface area contributed by atoms with Crippen molar-refractivity contribution in [1.29, 1.82) is 0 Å². The molecule has 2 atom stereocenters. The average molecular weight is 555 g/mol. The maximum Gasteiger partial charge on any atom is 0.336 e. The van der Waals surface area contributed by atoms with E-state index in [-0.39, 0.29) is 13.2 Å². The van der Waals surface area contributed by atoms with Gasteiger partial charge < -0.3 is 18.9 Å². The molecule has 9 nitrogen and oxygen atoms in total. The lowest BCUT2D eigenvalue weighted by molar-refractivity contribution is -0.149. The highest BCUT2D eigenvalue weighted by molar-refractivity contribution is 6.07. The number of ether oxygens (including phenoxy) is 4. The number of benzene rings is 1. The van der Waals surface area contributed by atoms with Gasteiger partial charge >= 0.3 is 17.9 Å². The van der Waals surface area contributed by atoms with Gasteiger partial charge in [-0.15, -0.1) is 0 Å². The molecule has 9 heteroatoms. The second-order valence-electron chi connectivity index (χ2n) is 10.7. The Kier molecular flexibility index (Phi) is 11.2. The van der Waals surface area contributed by atoms with Gasteiger partial charge in [0.25, 0.3) is 0 Å². The molecular formula is C31H42N2O7. The molecule has 0 spiro atoms. The van der Waals surface area contributed by atoms with E-state index in [1.165, 1.54) is 6.08 Å². The molecule has 3 rings (SSSR count). The normalized spacial score (nSPS) is 20.3. The van der Waals surface area contributed by atoms with Crippen LogP contribution in [-0.4, -0.2) is 80.2 Å². The van der Waals surface area contributed by atoms with Crippen LogP contribution in [0.3, 0.4) is 0 Å². The van der Waals surface area contributed by atoms with E-state index in [0.29, 0.717) is 54.3 Å². The summed E-state index contributed by atoms with van der Waals surface area (Å²) < 4.78 is 21.9. The van der Waals surface area contributed by atoms with E-state index in [4.69, 9.17) is 23.9 Å². The number of hydrogen-bond donors (Lipinski definition) is 0. The third kappa shape index (κ3) is 8.35. The van der Waals surface area contributed by atoms with Crippen LogP contribution >= 0.6 is 0 Å².